The quantitative estimate of drug-likeness (QED) is 0.626. The fourth-order valence-corrected chi connectivity index (χ4v) is 1.09. The Morgan fingerprint density at radius 1 is 1.36 bits per heavy atom. The molecule has 0 aliphatic rings. The van der Waals surface area contributed by atoms with E-state index in [4.69, 9.17) is 15.2 Å². The van der Waals surface area contributed by atoms with Crippen LogP contribution >= 0.6 is 0 Å². The molecule has 68 valence electrons. The van der Waals surface area contributed by atoms with Gasteiger partial charge in [0.05, 0.1) is 18.8 Å². The van der Waals surface area contributed by atoms with Crippen molar-refractivity contribution in [3.8, 4) is 0 Å². The molecular weight excluding hydrogens is 142 g/mol. The van der Waals surface area contributed by atoms with Crippen LogP contribution in [0.25, 0.3) is 0 Å². The number of ether oxygens (including phenoxy) is 2. The Morgan fingerprint density at radius 3 is 2.36 bits per heavy atom. The van der Waals surface area contributed by atoms with Gasteiger partial charge in [0.25, 0.3) is 0 Å². The van der Waals surface area contributed by atoms with Crippen molar-refractivity contribution in [2.75, 3.05) is 20.8 Å². The van der Waals surface area contributed by atoms with Gasteiger partial charge in [0, 0.05) is 14.2 Å². The second kappa shape index (κ2) is 6.58. The molecule has 3 heteroatoms. The van der Waals surface area contributed by atoms with Gasteiger partial charge in [0.1, 0.15) is 0 Å². The monoisotopic (exact) mass is 161 g/mol. The summed E-state index contributed by atoms with van der Waals surface area (Å²) in [6, 6.07) is 0.00458. The van der Waals surface area contributed by atoms with Gasteiger partial charge in [-0.05, 0) is 6.42 Å². The van der Waals surface area contributed by atoms with Crippen molar-refractivity contribution in [1.82, 2.24) is 0 Å². The Labute approximate surface area is 68.9 Å². The minimum atomic E-state index is 0.00458. The molecule has 0 aliphatic heterocycles. The number of nitrogens with two attached hydrogens (primary N) is 1. The summed E-state index contributed by atoms with van der Waals surface area (Å²) < 4.78 is 10.1. The van der Waals surface area contributed by atoms with Crippen molar-refractivity contribution in [2.24, 2.45) is 5.73 Å². The predicted octanol–water partition coefficient (Wildman–Crippen LogP) is 0.775. The van der Waals surface area contributed by atoms with E-state index in [0.717, 1.165) is 12.8 Å². The summed E-state index contributed by atoms with van der Waals surface area (Å²) in [5.74, 6) is 0. The molecule has 2 N–H and O–H groups in total. The summed E-state index contributed by atoms with van der Waals surface area (Å²) in [7, 11) is 3.34. The van der Waals surface area contributed by atoms with Gasteiger partial charge in [0.15, 0.2) is 0 Å². The van der Waals surface area contributed by atoms with Gasteiger partial charge in [-0.2, -0.15) is 0 Å². The van der Waals surface area contributed by atoms with E-state index in [1.165, 1.54) is 0 Å². The van der Waals surface area contributed by atoms with E-state index >= 15 is 0 Å². The largest absolute Gasteiger partial charge is 0.383 e. The first-order valence-electron chi connectivity index (χ1n) is 4.03. The summed E-state index contributed by atoms with van der Waals surface area (Å²) in [6.07, 6.45) is 2.23. The lowest BCUT2D eigenvalue weighted by Gasteiger charge is -2.20. The maximum atomic E-state index is 5.78. The number of hydrogen-bond donors (Lipinski definition) is 1. The Hall–Kier alpha value is -0.120. The fraction of sp³-hybridized carbons (Fsp3) is 1.00. The van der Waals surface area contributed by atoms with E-state index < -0.39 is 0 Å². The molecule has 0 spiro atoms. The molecule has 0 fully saturated rings. The van der Waals surface area contributed by atoms with Gasteiger partial charge in [-0.25, -0.2) is 0 Å². The van der Waals surface area contributed by atoms with Crippen LogP contribution in [-0.2, 0) is 9.47 Å². The van der Waals surface area contributed by atoms with Gasteiger partial charge >= 0.3 is 0 Å². The zero-order valence-corrected chi connectivity index (χ0v) is 7.67. The summed E-state index contributed by atoms with van der Waals surface area (Å²) in [5, 5.41) is 0. The first-order valence-corrected chi connectivity index (χ1v) is 4.03. The highest BCUT2D eigenvalue weighted by atomic mass is 16.5. The summed E-state index contributed by atoms with van der Waals surface area (Å²) in [6.45, 7) is 2.68. The maximum absolute atomic E-state index is 5.78. The van der Waals surface area contributed by atoms with Gasteiger partial charge in [-0.15, -0.1) is 0 Å². The minimum Gasteiger partial charge on any atom is -0.383 e. The zero-order valence-electron chi connectivity index (χ0n) is 7.67. The lowest BCUT2D eigenvalue weighted by molar-refractivity contribution is 0.0423. The smallest absolute Gasteiger partial charge is 0.0744 e. The molecule has 0 saturated carbocycles. The minimum absolute atomic E-state index is 0.00458. The number of rotatable bonds is 6. The van der Waals surface area contributed by atoms with Gasteiger partial charge in [0.2, 0.25) is 0 Å². The molecule has 11 heavy (non-hydrogen) atoms. The average Bonchev–Trinajstić information content (AvgIpc) is 2.00. The Balaban J connectivity index is 3.61. The molecule has 0 radical (unpaired) electrons. The molecule has 0 aromatic rings. The van der Waals surface area contributed by atoms with E-state index in [2.05, 4.69) is 6.92 Å². The van der Waals surface area contributed by atoms with Crippen LogP contribution in [0.5, 0.6) is 0 Å². The van der Waals surface area contributed by atoms with Crippen LogP contribution in [0.4, 0.5) is 0 Å². The molecule has 0 bridgehead atoms. The SMILES string of the molecule is CCCC(OC)C(N)COC. The topological polar surface area (TPSA) is 44.5 Å². The van der Waals surface area contributed by atoms with Crippen molar-refractivity contribution in [3.05, 3.63) is 0 Å². The van der Waals surface area contributed by atoms with Crippen molar-refractivity contribution < 1.29 is 9.47 Å². The molecular formula is C8H19NO2. The maximum Gasteiger partial charge on any atom is 0.0744 e. The van der Waals surface area contributed by atoms with Crippen LogP contribution < -0.4 is 5.73 Å². The molecule has 0 heterocycles. The summed E-state index contributed by atoms with van der Waals surface area (Å²) in [5.41, 5.74) is 5.78. The van der Waals surface area contributed by atoms with E-state index in [1.807, 2.05) is 0 Å². The Kier molecular flexibility index (Phi) is 6.51. The lowest BCUT2D eigenvalue weighted by Crippen LogP contribution is -2.39. The standard InChI is InChI=1S/C8H19NO2/c1-4-5-8(11-3)7(9)6-10-2/h7-8H,4-6,9H2,1-3H3. The van der Waals surface area contributed by atoms with Crippen LogP contribution in [0.1, 0.15) is 19.8 Å². The van der Waals surface area contributed by atoms with E-state index in [9.17, 15) is 0 Å². The summed E-state index contributed by atoms with van der Waals surface area (Å²) >= 11 is 0. The third-order valence-electron chi connectivity index (χ3n) is 1.71. The number of methoxy groups -OCH3 is 2. The molecule has 0 aromatic carbocycles. The van der Waals surface area contributed by atoms with Gasteiger partial charge in [-0.3, -0.25) is 0 Å². The van der Waals surface area contributed by atoms with Crippen molar-refractivity contribution in [2.45, 2.75) is 31.9 Å². The second-order valence-electron chi connectivity index (χ2n) is 2.68. The van der Waals surface area contributed by atoms with E-state index in [0.29, 0.717) is 6.61 Å². The first-order chi connectivity index (χ1) is 5.26. The predicted molar refractivity (Wildman–Crippen MR) is 45.6 cm³/mol. The molecule has 0 rings (SSSR count). The van der Waals surface area contributed by atoms with Crippen molar-refractivity contribution in [3.63, 3.8) is 0 Å². The Morgan fingerprint density at radius 2 is 2.00 bits per heavy atom. The summed E-state index contributed by atoms with van der Waals surface area (Å²) in [4.78, 5) is 0. The van der Waals surface area contributed by atoms with Crippen LogP contribution in [0.2, 0.25) is 0 Å². The lowest BCUT2D eigenvalue weighted by atomic mass is 10.1. The van der Waals surface area contributed by atoms with Crippen LogP contribution in [0.3, 0.4) is 0 Å². The molecule has 3 nitrogen and oxygen atoms in total. The van der Waals surface area contributed by atoms with Crippen LogP contribution in [0, 0.1) is 0 Å². The fourth-order valence-electron chi connectivity index (χ4n) is 1.09. The van der Waals surface area contributed by atoms with E-state index in [-0.39, 0.29) is 12.1 Å². The van der Waals surface area contributed by atoms with Crippen LogP contribution in [0.15, 0.2) is 0 Å². The molecule has 0 saturated heterocycles. The number of hydrogen-bond acceptors (Lipinski definition) is 3. The van der Waals surface area contributed by atoms with E-state index in [1.54, 1.807) is 14.2 Å². The average molecular weight is 161 g/mol. The first kappa shape index (κ1) is 10.9. The second-order valence-corrected chi connectivity index (χ2v) is 2.68. The molecule has 2 unspecified atom stereocenters. The molecule has 0 amide bonds. The third-order valence-corrected chi connectivity index (χ3v) is 1.71. The highest BCUT2D eigenvalue weighted by Crippen LogP contribution is 2.04. The highest BCUT2D eigenvalue weighted by molar-refractivity contribution is 4.71. The van der Waals surface area contributed by atoms with Crippen LogP contribution in [-0.4, -0.2) is 33.0 Å². The normalized spacial score (nSPS) is 16.4. The van der Waals surface area contributed by atoms with Gasteiger partial charge in [-0.1, -0.05) is 13.3 Å². The highest BCUT2D eigenvalue weighted by Gasteiger charge is 2.15. The molecule has 2 atom stereocenters. The third kappa shape index (κ3) is 4.35. The molecule has 0 aromatic heterocycles. The van der Waals surface area contributed by atoms with Crippen molar-refractivity contribution in [1.29, 1.82) is 0 Å². The zero-order chi connectivity index (χ0) is 8.69. The van der Waals surface area contributed by atoms with Crippen molar-refractivity contribution >= 4 is 0 Å². The Bertz CT molecular complexity index is 88.2. The molecule has 0 aliphatic carbocycles. The van der Waals surface area contributed by atoms with Gasteiger partial charge < -0.3 is 15.2 Å².